The Morgan fingerprint density at radius 3 is 2.45 bits per heavy atom. The largest absolute Gasteiger partial charge is 0.355 e. The molecule has 0 unspecified atom stereocenters. The van der Waals surface area contributed by atoms with Crippen LogP contribution in [0, 0.1) is 0 Å². The summed E-state index contributed by atoms with van der Waals surface area (Å²) in [5, 5.41) is 3.02. The number of carbonyl (C=O) groups is 2. The van der Waals surface area contributed by atoms with Gasteiger partial charge in [0.2, 0.25) is 11.8 Å². The van der Waals surface area contributed by atoms with E-state index in [1.807, 2.05) is 61.5 Å². The molecule has 2 aromatic rings. The minimum atomic E-state index is 0.0257. The Bertz CT molecular complexity index is 801. The molecule has 0 spiro atoms. The number of rotatable bonds is 9. The highest BCUT2D eigenvalue weighted by Gasteiger charge is 2.16. The van der Waals surface area contributed by atoms with Gasteiger partial charge in [-0.15, -0.1) is 0 Å². The lowest BCUT2D eigenvalue weighted by atomic mass is 10.1. The molecule has 2 aromatic carbocycles. The molecule has 2 amide bonds. The van der Waals surface area contributed by atoms with Gasteiger partial charge in [0.1, 0.15) is 0 Å². The normalized spacial score (nSPS) is 14.0. The molecule has 1 fully saturated rings. The Labute approximate surface area is 173 Å². The quantitative estimate of drug-likeness (QED) is 0.711. The van der Waals surface area contributed by atoms with E-state index in [2.05, 4.69) is 10.2 Å². The maximum absolute atomic E-state index is 12.6. The predicted molar refractivity (Wildman–Crippen MR) is 117 cm³/mol. The summed E-state index contributed by atoms with van der Waals surface area (Å²) in [6.07, 6.45) is 3.29. The molecule has 29 heavy (non-hydrogen) atoms. The van der Waals surface area contributed by atoms with Crippen LogP contribution in [0.2, 0.25) is 0 Å². The summed E-state index contributed by atoms with van der Waals surface area (Å²) in [6, 6.07) is 17.7. The number of amides is 2. The van der Waals surface area contributed by atoms with Crippen LogP contribution in [-0.4, -0.2) is 42.9 Å². The molecule has 1 aliphatic heterocycles. The van der Waals surface area contributed by atoms with Gasteiger partial charge in [-0.2, -0.15) is 0 Å². The van der Waals surface area contributed by atoms with Crippen LogP contribution in [0.5, 0.6) is 0 Å². The third kappa shape index (κ3) is 6.43. The van der Waals surface area contributed by atoms with Gasteiger partial charge in [-0.3, -0.25) is 9.59 Å². The Kier molecular flexibility index (Phi) is 7.82. The van der Waals surface area contributed by atoms with Crippen LogP contribution in [0.1, 0.15) is 37.3 Å². The molecule has 3 rings (SSSR count). The van der Waals surface area contributed by atoms with Crippen molar-refractivity contribution in [3.63, 3.8) is 0 Å². The fourth-order valence-electron chi connectivity index (χ4n) is 3.72. The summed E-state index contributed by atoms with van der Waals surface area (Å²) in [6.45, 7) is 6.28. The first-order chi connectivity index (χ1) is 14.2. The molecule has 0 aromatic heterocycles. The lowest BCUT2D eigenvalue weighted by Gasteiger charge is -2.23. The van der Waals surface area contributed by atoms with Gasteiger partial charge < -0.3 is 15.1 Å². The zero-order valence-electron chi connectivity index (χ0n) is 17.3. The summed E-state index contributed by atoms with van der Waals surface area (Å²) >= 11 is 0. The van der Waals surface area contributed by atoms with Crippen LogP contribution in [-0.2, 0) is 22.6 Å². The number of anilines is 1. The number of nitrogens with one attached hydrogen (secondary N) is 1. The van der Waals surface area contributed by atoms with Crippen molar-refractivity contribution in [2.75, 3.05) is 31.1 Å². The molecule has 0 atom stereocenters. The SMILES string of the molecule is CCC(=O)N(Cc1ccccc1)c1cccc(CC(=O)NCCN2CCCC2)c1. The number of nitrogens with zero attached hydrogens (tertiary/aromatic N) is 2. The highest BCUT2D eigenvalue weighted by atomic mass is 16.2. The molecule has 0 aliphatic carbocycles. The zero-order valence-corrected chi connectivity index (χ0v) is 17.3. The minimum Gasteiger partial charge on any atom is -0.355 e. The van der Waals surface area contributed by atoms with Gasteiger partial charge in [-0.25, -0.2) is 0 Å². The van der Waals surface area contributed by atoms with E-state index in [1.54, 1.807) is 4.90 Å². The van der Waals surface area contributed by atoms with Gasteiger partial charge in [0, 0.05) is 25.2 Å². The smallest absolute Gasteiger partial charge is 0.227 e. The molecular weight excluding hydrogens is 362 g/mol. The van der Waals surface area contributed by atoms with Gasteiger partial charge in [0.25, 0.3) is 0 Å². The van der Waals surface area contributed by atoms with Crippen LogP contribution in [0.4, 0.5) is 5.69 Å². The number of benzene rings is 2. The van der Waals surface area contributed by atoms with E-state index >= 15 is 0 Å². The van der Waals surface area contributed by atoms with E-state index in [0.29, 0.717) is 25.9 Å². The van der Waals surface area contributed by atoms with Gasteiger partial charge in [-0.1, -0.05) is 49.4 Å². The lowest BCUT2D eigenvalue weighted by Crippen LogP contribution is -2.34. The first-order valence-electron chi connectivity index (χ1n) is 10.6. The van der Waals surface area contributed by atoms with Crippen LogP contribution in [0.25, 0.3) is 0 Å². The lowest BCUT2D eigenvalue weighted by molar-refractivity contribution is -0.120. The first-order valence-corrected chi connectivity index (χ1v) is 10.6. The standard InChI is InChI=1S/C24H31N3O2/c1-2-24(29)27(19-20-9-4-3-5-10-20)22-12-8-11-21(17-22)18-23(28)25-13-16-26-14-6-7-15-26/h3-5,8-12,17H,2,6-7,13-16,18-19H2,1H3,(H,25,28). The number of likely N-dealkylation sites (tertiary alicyclic amines) is 1. The van der Waals surface area contributed by atoms with Crippen molar-refractivity contribution in [3.8, 4) is 0 Å². The van der Waals surface area contributed by atoms with Crippen molar-refractivity contribution in [3.05, 3.63) is 65.7 Å². The maximum Gasteiger partial charge on any atom is 0.227 e. The molecule has 154 valence electrons. The third-order valence-corrected chi connectivity index (χ3v) is 5.32. The van der Waals surface area contributed by atoms with Crippen molar-refractivity contribution in [2.45, 2.75) is 39.2 Å². The maximum atomic E-state index is 12.6. The van der Waals surface area contributed by atoms with E-state index < -0.39 is 0 Å². The highest BCUT2D eigenvalue weighted by molar-refractivity contribution is 5.93. The van der Waals surface area contributed by atoms with Gasteiger partial charge in [-0.05, 0) is 49.2 Å². The Hall–Kier alpha value is -2.66. The van der Waals surface area contributed by atoms with E-state index in [9.17, 15) is 9.59 Å². The van der Waals surface area contributed by atoms with Crippen LogP contribution in [0.3, 0.4) is 0 Å². The zero-order chi connectivity index (χ0) is 20.5. The Morgan fingerprint density at radius 1 is 1.00 bits per heavy atom. The summed E-state index contributed by atoms with van der Waals surface area (Å²) in [5.41, 5.74) is 2.84. The van der Waals surface area contributed by atoms with Gasteiger partial charge >= 0.3 is 0 Å². The van der Waals surface area contributed by atoms with E-state index in [1.165, 1.54) is 12.8 Å². The number of hydrogen-bond acceptors (Lipinski definition) is 3. The second-order valence-corrected chi connectivity index (χ2v) is 7.56. The van der Waals surface area contributed by atoms with E-state index in [-0.39, 0.29) is 11.8 Å². The van der Waals surface area contributed by atoms with Gasteiger partial charge in [0.15, 0.2) is 0 Å². The second kappa shape index (κ2) is 10.8. The van der Waals surface area contributed by atoms with Crippen molar-refractivity contribution >= 4 is 17.5 Å². The van der Waals surface area contributed by atoms with Crippen LogP contribution >= 0.6 is 0 Å². The number of carbonyl (C=O) groups excluding carboxylic acids is 2. The molecule has 1 aliphatic rings. The summed E-state index contributed by atoms with van der Waals surface area (Å²) in [5.74, 6) is 0.0962. The molecule has 1 N–H and O–H groups in total. The topological polar surface area (TPSA) is 52.7 Å². The van der Waals surface area contributed by atoms with E-state index in [0.717, 1.165) is 36.4 Å². The fraction of sp³-hybridized carbons (Fsp3) is 0.417. The summed E-state index contributed by atoms with van der Waals surface area (Å²) < 4.78 is 0. The highest BCUT2D eigenvalue weighted by Crippen LogP contribution is 2.20. The van der Waals surface area contributed by atoms with Crippen LogP contribution in [0.15, 0.2) is 54.6 Å². The average molecular weight is 394 g/mol. The molecule has 1 heterocycles. The summed E-state index contributed by atoms with van der Waals surface area (Å²) in [4.78, 5) is 29.1. The molecule has 5 nitrogen and oxygen atoms in total. The fourth-order valence-corrected chi connectivity index (χ4v) is 3.72. The second-order valence-electron chi connectivity index (χ2n) is 7.56. The number of hydrogen-bond donors (Lipinski definition) is 1. The molecular formula is C24H31N3O2. The van der Waals surface area contributed by atoms with E-state index in [4.69, 9.17) is 0 Å². The Morgan fingerprint density at radius 2 is 1.72 bits per heavy atom. The van der Waals surface area contributed by atoms with Crippen molar-refractivity contribution in [1.82, 2.24) is 10.2 Å². The van der Waals surface area contributed by atoms with Crippen LogP contribution < -0.4 is 10.2 Å². The first kappa shape index (κ1) is 21.1. The third-order valence-electron chi connectivity index (χ3n) is 5.32. The molecule has 0 radical (unpaired) electrons. The molecule has 1 saturated heterocycles. The van der Waals surface area contributed by atoms with Crippen molar-refractivity contribution < 1.29 is 9.59 Å². The minimum absolute atomic E-state index is 0.0257. The molecule has 0 bridgehead atoms. The Balaban J connectivity index is 1.61. The van der Waals surface area contributed by atoms with Crippen molar-refractivity contribution in [2.24, 2.45) is 0 Å². The predicted octanol–water partition coefficient (Wildman–Crippen LogP) is 3.38. The molecule has 5 heteroatoms. The van der Waals surface area contributed by atoms with Gasteiger partial charge in [0.05, 0.1) is 13.0 Å². The molecule has 0 saturated carbocycles. The monoisotopic (exact) mass is 393 g/mol. The summed E-state index contributed by atoms with van der Waals surface area (Å²) in [7, 11) is 0. The van der Waals surface area contributed by atoms with Crippen molar-refractivity contribution in [1.29, 1.82) is 0 Å². The average Bonchev–Trinajstić information content (AvgIpc) is 3.26.